The van der Waals surface area contributed by atoms with Crippen molar-refractivity contribution in [3.05, 3.63) is 65.4 Å². The molecule has 1 aromatic heterocycles. The van der Waals surface area contributed by atoms with Crippen LogP contribution in [0.1, 0.15) is 21.6 Å². The molecule has 1 heterocycles. The van der Waals surface area contributed by atoms with E-state index in [0.29, 0.717) is 16.6 Å². The number of H-pyrrole nitrogens is 1. The molecule has 0 spiro atoms. The fourth-order valence-electron chi connectivity index (χ4n) is 2.86. The molecule has 0 atom stereocenters. The van der Waals surface area contributed by atoms with E-state index >= 15 is 0 Å². The van der Waals surface area contributed by atoms with Crippen molar-refractivity contribution in [2.75, 3.05) is 6.61 Å². The number of alkyl halides is 3. The number of aryl methyl sites for hydroxylation is 1. The normalized spacial score (nSPS) is 11.3. The molecule has 0 aliphatic carbocycles. The van der Waals surface area contributed by atoms with E-state index in [0.717, 1.165) is 11.6 Å². The Balaban J connectivity index is 1.58. The summed E-state index contributed by atoms with van der Waals surface area (Å²) in [5.74, 6) is -1.74. The van der Waals surface area contributed by atoms with E-state index < -0.39 is 30.6 Å². The third-order valence-corrected chi connectivity index (χ3v) is 4.11. The van der Waals surface area contributed by atoms with Crippen LogP contribution in [-0.4, -0.2) is 29.8 Å². The van der Waals surface area contributed by atoms with E-state index in [2.05, 4.69) is 15.0 Å². The minimum atomic E-state index is -4.84. The summed E-state index contributed by atoms with van der Waals surface area (Å²) in [6.45, 7) is 0.934. The number of halogens is 3. The molecule has 1 amide bonds. The summed E-state index contributed by atoms with van der Waals surface area (Å²) in [5, 5.41) is 3.08. The summed E-state index contributed by atoms with van der Waals surface area (Å²) < 4.78 is 46.3. The number of aromatic nitrogens is 1. The number of para-hydroxylation sites is 2. The third kappa shape index (κ3) is 5.07. The molecule has 0 aliphatic heterocycles. The number of benzene rings is 2. The Labute approximate surface area is 163 Å². The SMILES string of the molecule is Cc1[nH]c2ccccc2c1C(=O)OCC(=O)NCc1ccccc1OC(F)(F)F. The van der Waals surface area contributed by atoms with Gasteiger partial charge in [0.15, 0.2) is 6.61 Å². The molecular weight excluding hydrogens is 389 g/mol. The number of esters is 1. The van der Waals surface area contributed by atoms with Crippen LogP contribution in [0.25, 0.3) is 10.9 Å². The quantitative estimate of drug-likeness (QED) is 0.610. The van der Waals surface area contributed by atoms with Crippen molar-refractivity contribution in [2.24, 2.45) is 0 Å². The summed E-state index contributed by atoms with van der Waals surface area (Å²) in [5.41, 5.74) is 1.84. The van der Waals surface area contributed by atoms with Gasteiger partial charge in [-0.05, 0) is 19.1 Å². The minimum Gasteiger partial charge on any atom is -0.452 e. The van der Waals surface area contributed by atoms with E-state index in [1.165, 1.54) is 18.2 Å². The standard InChI is InChI=1S/C20H17F3N2O4/c1-12-18(14-7-3-4-8-15(14)25-12)19(27)28-11-17(26)24-10-13-6-2-5-9-16(13)29-20(21,22)23/h2-9,25H,10-11H2,1H3,(H,24,26). The van der Waals surface area contributed by atoms with Gasteiger partial charge in [0.2, 0.25) is 0 Å². The van der Waals surface area contributed by atoms with Crippen LogP contribution in [0.2, 0.25) is 0 Å². The molecule has 0 unspecified atom stereocenters. The van der Waals surface area contributed by atoms with Gasteiger partial charge in [0.05, 0.1) is 5.56 Å². The van der Waals surface area contributed by atoms with E-state index in [4.69, 9.17) is 4.74 Å². The Hall–Kier alpha value is -3.49. The monoisotopic (exact) mass is 406 g/mol. The van der Waals surface area contributed by atoms with Gasteiger partial charge >= 0.3 is 12.3 Å². The number of nitrogens with one attached hydrogen (secondary N) is 2. The van der Waals surface area contributed by atoms with Crippen molar-refractivity contribution in [1.82, 2.24) is 10.3 Å². The molecule has 2 N–H and O–H groups in total. The smallest absolute Gasteiger partial charge is 0.452 e. The summed E-state index contributed by atoms with van der Waals surface area (Å²) in [4.78, 5) is 27.4. The first-order valence-corrected chi connectivity index (χ1v) is 8.59. The van der Waals surface area contributed by atoms with Crippen LogP contribution in [0, 0.1) is 6.92 Å². The minimum absolute atomic E-state index is 0.136. The molecule has 0 saturated heterocycles. The topological polar surface area (TPSA) is 80.4 Å². The lowest BCUT2D eigenvalue weighted by molar-refractivity contribution is -0.274. The second-order valence-corrected chi connectivity index (χ2v) is 6.18. The van der Waals surface area contributed by atoms with Crippen molar-refractivity contribution < 1.29 is 32.2 Å². The average molecular weight is 406 g/mol. The largest absolute Gasteiger partial charge is 0.573 e. The van der Waals surface area contributed by atoms with Gasteiger partial charge < -0.3 is 19.8 Å². The number of aromatic amines is 1. The van der Waals surface area contributed by atoms with Crippen molar-refractivity contribution in [3.63, 3.8) is 0 Å². The first-order valence-electron chi connectivity index (χ1n) is 8.59. The van der Waals surface area contributed by atoms with Crippen LogP contribution in [0.4, 0.5) is 13.2 Å². The molecule has 0 saturated carbocycles. The van der Waals surface area contributed by atoms with E-state index in [9.17, 15) is 22.8 Å². The summed E-state index contributed by atoms with van der Waals surface area (Å²) in [6.07, 6.45) is -4.84. The van der Waals surface area contributed by atoms with Crippen molar-refractivity contribution >= 4 is 22.8 Å². The fraction of sp³-hybridized carbons (Fsp3) is 0.200. The second-order valence-electron chi connectivity index (χ2n) is 6.18. The highest BCUT2D eigenvalue weighted by atomic mass is 19.4. The number of amides is 1. The van der Waals surface area contributed by atoms with Crippen LogP contribution >= 0.6 is 0 Å². The maximum absolute atomic E-state index is 12.4. The van der Waals surface area contributed by atoms with E-state index in [-0.39, 0.29) is 12.1 Å². The highest BCUT2D eigenvalue weighted by molar-refractivity contribution is 6.06. The molecule has 6 nitrogen and oxygen atoms in total. The van der Waals surface area contributed by atoms with Crippen LogP contribution in [0.5, 0.6) is 5.75 Å². The van der Waals surface area contributed by atoms with Gasteiger partial charge in [0, 0.05) is 28.7 Å². The zero-order chi connectivity index (χ0) is 21.0. The van der Waals surface area contributed by atoms with Crippen molar-refractivity contribution in [1.29, 1.82) is 0 Å². The first kappa shape index (κ1) is 20.2. The van der Waals surface area contributed by atoms with Crippen LogP contribution in [-0.2, 0) is 16.1 Å². The average Bonchev–Trinajstić information content (AvgIpc) is 3.00. The van der Waals surface area contributed by atoms with Gasteiger partial charge in [-0.1, -0.05) is 36.4 Å². The van der Waals surface area contributed by atoms with Crippen molar-refractivity contribution in [2.45, 2.75) is 19.8 Å². The lowest BCUT2D eigenvalue weighted by Crippen LogP contribution is -2.29. The maximum atomic E-state index is 12.4. The van der Waals surface area contributed by atoms with Crippen molar-refractivity contribution in [3.8, 4) is 5.75 Å². The molecule has 29 heavy (non-hydrogen) atoms. The number of hydrogen-bond acceptors (Lipinski definition) is 4. The van der Waals surface area contributed by atoms with Gasteiger partial charge in [-0.2, -0.15) is 0 Å². The number of carbonyl (C=O) groups is 2. The summed E-state index contributed by atoms with van der Waals surface area (Å²) in [7, 11) is 0. The number of rotatable bonds is 6. The Morgan fingerprint density at radius 3 is 2.52 bits per heavy atom. The van der Waals surface area contributed by atoms with Gasteiger partial charge in [0.1, 0.15) is 5.75 Å². The highest BCUT2D eigenvalue weighted by Crippen LogP contribution is 2.26. The molecule has 152 valence electrons. The van der Waals surface area contributed by atoms with Gasteiger partial charge in [-0.15, -0.1) is 13.2 Å². The van der Waals surface area contributed by atoms with Gasteiger partial charge in [-0.3, -0.25) is 4.79 Å². The molecule has 3 rings (SSSR count). The molecule has 0 bridgehead atoms. The summed E-state index contributed by atoms with van der Waals surface area (Å²) >= 11 is 0. The Morgan fingerprint density at radius 2 is 1.76 bits per heavy atom. The predicted octanol–water partition coefficient (Wildman–Crippen LogP) is 3.85. The molecule has 0 radical (unpaired) electrons. The predicted molar refractivity (Wildman–Crippen MR) is 98.3 cm³/mol. The Bertz CT molecular complexity index is 1040. The second kappa shape index (κ2) is 8.26. The molecule has 3 aromatic rings. The van der Waals surface area contributed by atoms with Gasteiger partial charge in [-0.25, -0.2) is 4.79 Å². The maximum Gasteiger partial charge on any atom is 0.573 e. The molecule has 0 fully saturated rings. The highest BCUT2D eigenvalue weighted by Gasteiger charge is 2.32. The summed E-state index contributed by atoms with van der Waals surface area (Å²) in [6, 6.07) is 12.6. The van der Waals surface area contributed by atoms with Crippen LogP contribution < -0.4 is 10.1 Å². The number of hydrogen-bond donors (Lipinski definition) is 2. The number of fused-ring (bicyclic) bond motifs is 1. The third-order valence-electron chi connectivity index (χ3n) is 4.11. The number of ether oxygens (including phenoxy) is 2. The lowest BCUT2D eigenvalue weighted by Gasteiger charge is -2.13. The molecule has 2 aromatic carbocycles. The molecular formula is C20H17F3N2O4. The van der Waals surface area contributed by atoms with Crippen LogP contribution in [0.15, 0.2) is 48.5 Å². The zero-order valence-corrected chi connectivity index (χ0v) is 15.3. The zero-order valence-electron chi connectivity index (χ0n) is 15.3. The Kier molecular flexibility index (Phi) is 5.76. The molecule has 0 aliphatic rings. The fourth-order valence-corrected chi connectivity index (χ4v) is 2.86. The van der Waals surface area contributed by atoms with E-state index in [1.54, 1.807) is 19.1 Å². The Morgan fingerprint density at radius 1 is 1.07 bits per heavy atom. The lowest BCUT2D eigenvalue weighted by atomic mass is 10.1. The van der Waals surface area contributed by atoms with Crippen LogP contribution in [0.3, 0.4) is 0 Å². The van der Waals surface area contributed by atoms with E-state index in [1.807, 2.05) is 12.1 Å². The first-order chi connectivity index (χ1) is 13.7. The van der Waals surface area contributed by atoms with Gasteiger partial charge in [0.25, 0.3) is 5.91 Å². The number of carbonyl (C=O) groups excluding carboxylic acids is 2. The molecule has 9 heteroatoms.